The number of nitrogens with one attached hydrogen (secondary N) is 1. The zero-order valence-electron chi connectivity index (χ0n) is 12.6. The van der Waals surface area contributed by atoms with Gasteiger partial charge in [0.1, 0.15) is 0 Å². The van der Waals surface area contributed by atoms with Crippen LogP contribution in [0.5, 0.6) is 0 Å². The number of nitrogens with two attached hydrogens (primary N) is 1. The van der Waals surface area contributed by atoms with Crippen molar-refractivity contribution in [2.45, 2.75) is 32.2 Å². The molecule has 0 fully saturated rings. The number of rotatable bonds is 4. The molecule has 6 nitrogen and oxygen atoms in total. The van der Waals surface area contributed by atoms with Gasteiger partial charge in [0.05, 0.1) is 11.1 Å². The first-order valence-electron chi connectivity index (χ1n) is 6.56. The Kier molecular flexibility index (Phi) is 4.06. The summed E-state index contributed by atoms with van der Waals surface area (Å²) in [6, 6.07) is 3.39. The summed E-state index contributed by atoms with van der Waals surface area (Å²) >= 11 is 0. The molecule has 2 aromatic rings. The van der Waals surface area contributed by atoms with Crippen LogP contribution in [0, 0.1) is 20.8 Å². The molecule has 1 heterocycles. The monoisotopic (exact) mass is 308 g/mol. The average Bonchev–Trinajstić information content (AvgIpc) is 2.72. The molecule has 114 valence electrons. The lowest BCUT2D eigenvalue weighted by atomic mass is 10.1. The van der Waals surface area contributed by atoms with E-state index in [1.165, 1.54) is 0 Å². The summed E-state index contributed by atoms with van der Waals surface area (Å²) in [6.45, 7) is 5.63. The Morgan fingerprint density at radius 3 is 2.52 bits per heavy atom. The molecule has 0 saturated heterocycles. The Labute approximate surface area is 125 Å². The second kappa shape index (κ2) is 5.50. The third-order valence-electron chi connectivity index (χ3n) is 3.62. The van der Waals surface area contributed by atoms with Crippen molar-refractivity contribution in [2.24, 2.45) is 7.05 Å². The zero-order valence-corrected chi connectivity index (χ0v) is 13.5. The quantitative estimate of drug-likeness (QED) is 0.836. The van der Waals surface area contributed by atoms with Crippen LogP contribution in [0.2, 0.25) is 0 Å². The SMILES string of the molecule is Cc1cc(N)c(C)c(S(=O)(=O)NCc2cnn(C)c2C)c1. The first-order valence-corrected chi connectivity index (χ1v) is 8.04. The van der Waals surface area contributed by atoms with E-state index in [0.29, 0.717) is 11.3 Å². The fourth-order valence-electron chi connectivity index (χ4n) is 2.10. The van der Waals surface area contributed by atoms with Crippen LogP contribution in [0.1, 0.15) is 22.4 Å². The lowest BCUT2D eigenvalue weighted by Crippen LogP contribution is -2.24. The maximum absolute atomic E-state index is 12.5. The number of aryl methyl sites for hydroxylation is 2. The van der Waals surface area contributed by atoms with Crippen molar-refractivity contribution in [1.82, 2.24) is 14.5 Å². The van der Waals surface area contributed by atoms with Crippen molar-refractivity contribution in [3.05, 3.63) is 40.7 Å². The number of sulfonamides is 1. The summed E-state index contributed by atoms with van der Waals surface area (Å²) in [5.41, 5.74) is 9.48. The molecule has 0 bridgehead atoms. The van der Waals surface area contributed by atoms with E-state index < -0.39 is 10.0 Å². The van der Waals surface area contributed by atoms with Gasteiger partial charge in [-0.25, -0.2) is 13.1 Å². The van der Waals surface area contributed by atoms with Crippen LogP contribution in [0.15, 0.2) is 23.2 Å². The molecule has 0 saturated carbocycles. The van der Waals surface area contributed by atoms with Gasteiger partial charge >= 0.3 is 0 Å². The highest BCUT2D eigenvalue weighted by Gasteiger charge is 2.19. The third kappa shape index (κ3) is 3.08. The predicted octanol–water partition coefficient (Wildman–Crippen LogP) is 1.41. The molecule has 21 heavy (non-hydrogen) atoms. The summed E-state index contributed by atoms with van der Waals surface area (Å²) < 4.78 is 29.2. The van der Waals surface area contributed by atoms with Crippen molar-refractivity contribution < 1.29 is 8.42 Å². The van der Waals surface area contributed by atoms with Gasteiger partial charge in [0.15, 0.2) is 0 Å². The number of aromatic nitrogens is 2. The molecule has 0 amide bonds. The van der Waals surface area contributed by atoms with Crippen LogP contribution in [0.4, 0.5) is 5.69 Å². The van der Waals surface area contributed by atoms with Crippen molar-refractivity contribution in [3.8, 4) is 0 Å². The first kappa shape index (κ1) is 15.5. The number of anilines is 1. The normalized spacial score (nSPS) is 11.8. The molecule has 1 aromatic heterocycles. The summed E-state index contributed by atoms with van der Waals surface area (Å²) in [5, 5.41) is 4.10. The molecule has 0 unspecified atom stereocenters. The van der Waals surface area contributed by atoms with Crippen LogP contribution in [0.3, 0.4) is 0 Å². The van der Waals surface area contributed by atoms with Crippen molar-refractivity contribution in [2.75, 3.05) is 5.73 Å². The number of nitrogens with zero attached hydrogens (tertiary/aromatic N) is 2. The van der Waals surface area contributed by atoms with Gasteiger partial charge in [0.25, 0.3) is 0 Å². The van der Waals surface area contributed by atoms with E-state index >= 15 is 0 Å². The van der Waals surface area contributed by atoms with Gasteiger partial charge in [-0.1, -0.05) is 0 Å². The molecule has 0 aliphatic carbocycles. The van der Waals surface area contributed by atoms with E-state index in [4.69, 9.17) is 5.73 Å². The van der Waals surface area contributed by atoms with Crippen LogP contribution in [0.25, 0.3) is 0 Å². The average molecular weight is 308 g/mol. The summed E-state index contributed by atoms with van der Waals surface area (Å²) in [7, 11) is -1.79. The largest absolute Gasteiger partial charge is 0.398 e. The molecule has 7 heteroatoms. The Morgan fingerprint density at radius 1 is 1.29 bits per heavy atom. The second-order valence-corrected chi connectivity index (χ2v) is 6.92. The van der Waals surface area contributed by atoms with E-state index in [1.54, 1.807) is 29.9 Å². The lowest BCUT2D eigenvalue weighted by molar-refractivity contribution is 0.580. The highest BCUT2D eigenvalue weighted by molar-refractivity contribution is 7.89. The van der Waals surface area contributed by atoms with E-state index in [0.717, 1.165) is 16.8 Å². The van der Waals surface area contributed by atoms with Gasteiger partial charge in [-0.3, -0.25) is 4.68 Å². The Bertz CT molecular complexity index is 779. The lowest BCUT2D eigenvalue weighted by Gasteiger charge is -2.12. The van der Waals surface area contributed by atoms with E-state index in [1.807, 2.05) is 20.9 Å². The topological polar surface area (TPSA) is 90.0 Å². The van der Waals surface area contributed by atoms with Gasteiger partial charge < -0.3 is 5.73 Å². The van der Waals surface area contributed by atoms with Gasteiger partial charge in [0.2, 0.25) is 10.0 Å². The predicted molar refractivity (Wildman–Crippen MR) is 82.3 cm³/mol. The number of nitrogen functional groups attached to an aromatic ring is 1. The van der Waals surface area contributed by atoms with Crippen molar-refractivity contribution in [3.63, 3.8) is 0 Å². The van der Waals surface area contributed by atoms with Crippen LogP contribution in [-0.4, -0.2) is 18.2 Å². The fourth-order valence-corrected chi connectivity index (χ4v) is 3.46. The Balaban J connectivity index is 2.29. The Morgan fingerprint density at radius 2 is 1.95 bits per heavy atom. The van der Waals surface area contributed by atoms with Gasteiger partial charge in [-0.2, -0.15) is 5.10 Å². The van der Waals surface area contributed by atoms with Gasteiger partial charge in [-0.15, -0.1) is 0 Å². The molecule has 0 aliphatic heterocycles. The molecule has 2 rings (SSSR count). The fraction of sp³-hybridized carbons (Fsp3) is 0.357. The van der Waals surface area contributed by atoms with Crippen LogP contribution in [-0.2, 0) is 23.6 Å². The van der Waals surface area contributed by atoms with Crippen molar-refractivity contribution >= 4 is 15.7 Å². The van der Waals surface area contributed by atoms with Crippen LogP contribution < -0.4 is 10.5 Å². The molecule has 0 spiro atoms. The smallest absolute Gasteiger partial charge is 0.241 e. The molecule has 1 aromatic carbocycles. The molecular formula is C14H20N4O2S. The summed E-state index contributed by atoms with van der Waals surface area (Å²) in [5.74, 6) is 0. The Hall–Kier alpha value is -1.86. The molecule has 0 aliphatic rings. The minimum Gasteiger partial charge on any atom is -0.398 e. The van der Waals surface area contributed by atoms with E-state index in [9.17, 15) is 8.42 Å². The minimum absolute atomic E-state index is 0.204. The standard InChI is InChI=1S/C14H20N4O2S/c1-9-5-13(15)10(2)14(6-9)21(19,20)17-8-12-7-16-18(4)11(12)3/h5-7,17H,8,15H2,1-4H3. The van der Waals surface area contributed by atoms with Crippen molar-refractivity contribution in [1.29, 1.82) is 0 Å². The molecular weight excluding hydrogens is 288 g/mol. The number of hydrogen-bond donors (Lipinski definition) is 2. The highest BCUT2D eigenvalue weighted by Crippen LogP contribution is 2.23. The molecule has 0 radical (unpaired) electrons. The van der Waals surface area contributed by atoms with Gasteiger partial charge in [0, 0.05) is 30.5 Å². The number of benzene rings is 1. The first-order chi connectivity index (χ1) is 9.72. The van der Waals surface area contributed by atoms with E-state index in [-0.39, 0.29) is 11.4 Å². The minimum atomic E-state index is -3.61. The van der Waals surface area contributed by atoms with E-state index in [2.05, 4.69) is 9.82 Å². The zero-order chi connectivity index (χ0) is 15.8. The van der Waals surface area contributed by atoms with Crippen LogP contribution >= 0.6 is 0 Å². The highest BCUT2D eigenvalue weighted by atomic mass is 32.2. The summed E-state index contributed by atoms with van der Waals surface area (Å²) in [4.78, 5) is 0.224. The van der Waals surface area contributed by atoms with Gasteiger partial charge in [-0.05, 0) is 44.0 Å². The third-order valence-corrected chi connectivity index (χ3v) is 5.15. The molecule has 3 N–H and O–H groups in total. The summed E-state index contributed by atoms with van der Waals surface area (Å²) in [6.07, 6.45) is 1.66. The molecule has 0 atom stereocenters. The maximum Gasteiger partial charge on any atom is 0.241 e. The second-order valence-electron chi connectivity index (χ2n) is 5.18. The maximum atomic E-state index is 12.5. The number of hydrogen-bond acceptors (Lipinski definition) is 4.